The first-order valence-electron chi connectivity index (χ1n) is 5.61. The van der Waals surface area contributed by atoms with Crippen molar-refractivity contribution >= 4 is 5.78 Å². The van der Waals surface area contributed by atoms with Gasteiger partial charge in [-0.25, -0.2) is 0 Å². The van der Waals surface area contributed by atoms with Gasteiger partial charge in [0.2, 0.25) is 0 Å². The first kappa shape index (κ1) is 9.70. The molecule has 0 spiro atoms. The van der Waals surface area contributed by atoms with Crippen LogP contribution >= 0.6 is 0 Å². The summed E-state index contributed by atoms with van der Waals surface area (Å²) in [5.74, 6) is 1.21. The molecule has 0 heterocycles. The summed E-state index contributed by atoms with van der Waals surface area (Å²) in [5.41, 5.74) is -0.187. The average molecular weight is 190 g/mol. The van der Waals surface area contributed by atoms with Crippen LogP contribution < -0.4 is 0 Å². The molecule has 2 aliphatic carbocycles. The van der Waals surface area contributed by atoms with Crippen molar-refractivity contribution in [3.8, 4) is 0 Å². The Morgan fingerprint density at radius 1 is 1.71 bits per heavy atom. The molecule has 0 aromatic heterocycles. The Kier molecular flexibility index (Phi) is 2.34. The summed E-state index contributed by atoms with van der Waals surface area (Å²) in [5, 5.41) is 0. The van der Waals surface area contributed by atoms with Gasteiger partial charge < -0.3 is 0 Å². The van der Waals surface area contributed by atoms with Crippen molar-refractivity contribution in [2.75, 3.05) is 0 Å². The lowest BCUT2D eigenvalue weighted by atomic mass is 9.52. The number of hydrogen-bond acceptors (Lipinski definition) is 1. The SMILES string of the molecule is C=C[C@@]1(CCCC)C(=O)[C@H]2CC=C[C@H]21. The molecule has 3 atom stereocenters. The summed E-state index contributed by atoms with van der Waals surface area (Å²) in [6.07, 6.45) is 10.5. The van der Waals surface area contributed by atoms with E-state index in [-0.39, 0.29) is 5.41 Å². The van der Waals surface area contributed by atoms with E-state index in [1.165, 1.54) is 0 Å². The molecule has 1 fully saturated rings. The smallest absolute Gasteiger partial charge is 0.147 e. The zero-order chi connectivity index (χ0) is 10.2. The van der Waals surface area contributed by atoms with E-state index in [1.807, 2.05) is 6.08 Å². The zero-order valence-electron chi connectivity index (χ0n) is 8.83. The minimum atomic E-state index is -0.187. The fraction of sp³-hybridized carbons (Fsp3) is 0.615. The van der Waals surface area contributed by atoms with Gasteiger partial charge in [0.05, 0.1) is 5.41 Å². The first-order valence-corrected chi connectivity index (χ1v) is 5.61. The lowest BCUT2D eigenvalue weighted by Crippen LogP contribution is -2.54. The standard InChI is InChI=1S/C13H18O/c1-3-5-9-13(4-2)11-8-6-7-10(11)12(13)14/h4,6,8,10-11H,2-3,5,7,9H2,1H3/t10-,11+,13-/m0/s1. The second-order valence-electron chi connectivity index (χ2n) is 4.51. The van der Waals surface area contributed by atoms with Crippen molar-refractivity contribution in [1.82, 2.24) is 0 Å². The number of carbonyl (C=O) groups is 1. The van der Waals surface area contributed by atoms with Crippen molar-refractivity contribution < 1.29 is 4.79 Å². The van der Waals surface area contributed by atoms with E-state index >= 15 is 0 Å². The highest BCUT2D eigenvalue weighted by Crippen LogP contribution is 2.56. The highest BCUT2D eigenvalue weighted by atomic mass is 16.1. The van der Waals surface area contributed by atoms with Crippen molar-refractivity contribution in [3.05, 3.63) is 24.8 Å². The summed E-state index contributed by atoms with van der Waals surface area (Å²) in [6.45, 7) is 6.03. The summed E-state index contributed by atoms with van der Waals surface area (Å²) in [7, 11) is 0. The van der Waals surface area contributed by atoms with Gasteiger partial charge in [0.15, 0.2) is 0 Å². The molecule has 0 aromatic carbocycles. The lowest BCUT2D eigenvalue weighted by molar-refractivity contribution is -0.147. The van der Waals surface area contributed by atoms with Crippen LogP contribution in [0.1, 0.15) is 32.6 Å². The summed E-state index contributed by atoms with van der Waals surface area (Å²) in [4.78, 5) is 12.0. The van der Waals surface area contributed by atoms with Crippen LogP contribution in [0, 0.1) is 17.3 Å². The molecule has 0 aromatic rings. The van der Waals surface area contributed by atoms with Gasteiger partial charge in [0.25, 0.3) is 0 Å². The number of carbonyl (C=O) groups excluding carboxylic acids is 1. The van der Waals surface area contributed by atoms with E-state index in [9.17, 15) is 4.79 Å². The van der Waals surface area contributed by atoms with Gasteiger partial charge in [0.1, 0.15) is 5.78 Å². The zero-order valence-corrected chi connectivity index (χ0v) is 8.83. The number of fused-ring (bicyclic) bond motifs is 1. The minimum absolute atomic E-state index is 0.187. The molecular weight excluding hydrogens is 172 g/mol. The maximum absolute atomic E-state index is 12.0. The average Bonchev–Trinajstić information content (AvgIpc) is 2.65. The Balaban J connectivity index is 2.15. The highest BCUT2D eigenvalue weighted by Gasteiger charge is 2.58. The molecule has 0 bridgehead atoms. The number of unbranched alkanes of at least 4 members (excludes halogenated alkanes) is 1. The third-order valence-electron chi connectivity index (χ3n) is 3.87. The van der Waals surface area contributed by atoms with E-state index in [0.717, 1.165) is 25.7 Å². The first-order chi connectivity index (χ1) is 6.76. The summed E-state index contributed by atoms with van der Waals surface area (Å²) < 4.78 is 0. The van der Waals surface area contributed by atoms with Gasteiger partial charge in [-0.3, -0.25) is 4.79 Å². The van der Waals surface area contributed by atoms with Crippen LogP contribution in [0.4, 0.5) is 0 Å². The molecule has 0 unspecified atom stereocenters. The normalized spacial score (nSPS) is 39.4. The molecule has 2 aliphatic rings. The Morgan fingerprint density at radius 3 is 3.14 bits per heavy atom. The van der Waals surface area contributed by atoms with Crippen LogP contribution in [0.25, 0.3) is 0 Å². The molecule has 0 amide bonds. The molecule has 0 N–H and O–H groups in total. The van der Waals surface area contributed by atoms with Gasteiger partial charge in [-0.15, -0.1) is 6.58 Å². The molecule has 1 saturated carbocycles. The van der Waals surface area contributed by atoms with E-state index < -0.39 is 0 Å². The Bertz CT molecular complexity index is 290. The predicted molar refractivity (Wildman–Crippen MR) is 57.9 cm³/mol. The fourth-order valence-electron chi connectivity index (χ4n) is 2.96. The maximum atomic E-state index is 12.0. The molecule has 1 nitrogen and oxygen atoms in total. The van der Waals surface area contributed by atoms with E-state index in [4.69, 9.17) is 0 Å². The largest absolute Gasteiger partial charge is 0.298 e. The third-order valence-corrected chi connectivity index (χ3v) is 3.87. The van der Waals surface area contributed by atoms with Gasteiger partial charge in [0, 0.05) is 11.8 Å². The summed E-state index contributed by atoms with van der Waals surface area (Å²) >= 11 is 0. The molecule has 0 saturated heterocycles. The van der Waals surface area contributed by atoms with Crippen LogP contribution in [0.3, 0.4) is 0 Å². The topological polar surface area (TPSA) is 17.1 Å². The van der Waals surface area contributed by atoms with Crippen molar-refractivity contribution in [2.45, 2.75) is 32.6 Å². The fourth-order valence-corrected chi connectivity index (χ4v) is 2.96. The Hall–Kier alpha value is -0.850. The number of Topliss-reactive ketones (excluding diaryl/α,β-unsaturated/α-hetero) is 1. The van der Waals surface area contributed by atoms with Crippen LogP contribution in [-0.4, -0.2) is 5.78 Å². The number of ketones is 1. The van der Waals surface area contributed by atoms with Gasteiger partial charge >= 0.3 is 0 Å². The number of hydrogen-bond donors (Lipinski definition) is 0. The van der Waals surface area contributed by atoms with Crippen molar-refractivity contribution in [1.29, 1.82) is 0 Å². The lowest BCUT2D eigenvalue weighted by Gasteiger charge is -2.48. The van der Waals surface area contributed by atoms with Gasteiger partial charge in [-0.2, -0.15) is 0 Å². The molecule has 76 valence electrons. The third kappa shape index (κ3) is 1.05. The highest BCUT2D eigenvalue weighted by molar-refractivity contribution is 5.97. The second-order valence-corrected chi connectivity index (χ2v) is 4.51. The molecule has 1 heteroatoms. The number of allylic oxidation sites excluding steroid dienone is 3. The predicted octanol–water partition coefficient (Wildman–Crippen LogP) is 3.12. The summed E-state index contributed by atoms with van der Waals surface area (Å²) in [6, 6.07) is 0. The Labute approximate surface area is 85.9 Å². The van der Waals surface area contributed by atoms with Gasteiger partial charge in [-0.05, 0) is 12.8 Å². The molecule has 2 rings (SSSR count). The van der Waals surface area contributed by atoms with Gasteiger partial charge in [-0.1, -0.05) is 38.0 Å². The monoisotopic (exact) mass is 190 g/mol. The van der Waals surface area contributed by atoms with Crippen LogP contribution in [-0.2, 0) is 4.79 Å². The quantitative estimate of drug-likeness (QED) is 0.622. The van der Waals surface area contributed by atoms with E-state index in [1.54, 1.807) is 0 Å². The molecule has 14 heavy (non-hydrogen) atoms. The maximum Gasteiger partial charge on any atom is 0.147 e. The van der Waals surface area contributed by atoms with E-state index in [2.05, 4.69) is 25.7 Å². The van der Waals surface area contributed by atoms with Crippen molar-refractivity contribution in [3.63, 3.8) is 0 Å². The molecule has 0 radical (unpaired) electrons. The molecule has 0 aliphatic heterocycles. The molecular formula is C13H18O. The van der Waals surface area contributed by atoms with Crippen LogP contribution in [0.15, 0.2) is 24.8 Å². The minimum Gasteiger partial charge on any atom is -0.298 e. The Morgan fingerprint density at radius 2 is 2.50 bits per heavy atom. The second kappa shape index (κ2) is 3.38. The van der Waals surface area contributed by atoms with Crippen molar-refractivity contribution in [2.24, 2.45) is 17.3 Å². The van der Waals surface area contributed by atoms with Crippen LogP contribution in [0.2, 0.25) is 0 Å². The van der Waals surface area contributed by atoms with Crippen LogP contribution in [0.5, 0.6) is 0 Å². The number of rotatable bonds is 4. The van der Waals surface area contributed by atoms with E-state index in [0.29, 0.717) is 17.6 Å².